The van der Waals surface area contributed by atoms with Crippen molar-refractivity contribution in [2.45, 2.75) is 20.3 Å². The Morgan fingerprint density at radius 1 is 1.35 bits per heavy atom. The minimum atomic E-state index is -1.31. The molecule has 0 radical (unpaired) electrons. The Balaban J connectivity index is 3.31. The highest BCUT2D eigenvalue weighted by Crippen LogP contribution is 2.30. The average molecular weight is 280 g/mol. The summed E-state index contributed by atoms with van der Waals surface area (Å²) in [6.07, 6.45) is -0.0359. The Labute approximate surface area is 113 Å². The number of rotatable bonds is 5. The van der Waals surface area contributed by atoms with Crippen LogP contribution in [0.2, 0.25) is 0 Å². The number of amides is 1. The van der Waals surface area contributed by atoms with Gasteiger partial charge in [0.1, 0.15) is 5.69 Å². The molecule has 0 aliphatic heterocycles. The minimum absolute atomic E-state index is 0.0359. The van der Waals surface area contributed by atoms with Crippen molar-refractivity contribution in [3.05, 3.63) is 33.4 Å². The molecular formula is C12H12N2O6. The highest BCUT2D eigenvalue weighted by atomic mass is 16.6. The van der Waals surface area contributed by atoms with Gasteiger partial charge in [0.15, 0.2) is 0 Å². The molecule has 0 heterocycles. The van der Waals surface area contributed by atoms with Gasteiger partial charge in [-0.3, -0.25) is 19.7 Å². The molecule has 0 atom stereocenters. The lowest BCUT2D eigenvalue weighted by molar-refractivity contribution is -0.384. The maximum absolute atomic E-state index is 11.4. The smallest absolute Gasteiger partial charge is 0.336 e. The van der Waals surface area contributed by atoms with Gasteiger partial charge >= 0.3 is 5.97 Å². The number of carboxylic acid groups (broad SMARTS) is 1. The van der Waals surface area contributed by atoms with Crippen LogP contribution in [0.1, 0.15) is 29.3 Å². The Morgan fingerprint density at radius 3 is 2.40 bits per heavy atom. The summed E-state index contributed by atoms with van der Waals surface area (Å²) in [7, 11) is 0. The summed E-state index contributed by atoms with van der Waals surface area (Å²) in [6.45, 7) is 2.74. The first-order valence-corrected chi connectivity index (χ1v) is 5.65. The van der Waals surface area contributed by atoms with E-state index in [4.69, 9.17) is 5.11 Å². The number of nitrogens with one attached hydrogen (secondary N) is 1. The molecule has 106 valence electrons. The normalized spacial score (nSPS) is 9.90. The summed E-state index contributed by atoms with van der Waals surface area (Å²) >= 11 is 0. The number of carbonyl (C=O) groups excluding carboxylic acids is 2. The van der Waals surface area contributed by atoms with Gasteiger partial charge in [-0.05, 0) is 19.1 Å². The number of benzene rings is 1. The number of carboxylic acids is 1. The second kappa shape index (κ2) is 5.91. The molecule has 1 aromatic carbocycles. The van der Waals surface area contributed by atoms with E-state index in [2.05, 4.69) is 5.32 Å². The van der Waals surface area contributed by atoms with Crippen molar-refractivity contribution in [2.75, 3.05) is 5.32 Å². The number of hydrogen-bond donors (Lipinski definition) is 2. The van der Waals surface area contributed by atoms with Crippen molar-refractivity contribution in [1.82, 2.24) is 0 Å². The first kappa shape index (κ1) is 15.3. The number of anilines is 1. The van der Waals surface area contributed by atoms with Gasteiger partial charge in [0.05, 0.1) is 10.5 Å². The van der Waals surface area contributed by atoms with Gasteiger partial charge in [-0.2, -0.15) is 0 Å². The Hall–Kier alpha value is -2.77. The zero-order valence-corrected chi connectivity index (χ0v) is 10.8. The molecule has 0 saturated carbocycles. The molecule has 0 bridgehead atoms. The van der Waals surface area contributed by atoms with Gasteiger partial charge in [-0.25, -0.2) is 4.79 Å². The van der Waals surface area contributed by atoms with Gasteiger partial charge in [0.2, 0.25) is 5.78 Å². The third kappa shape index (κ3) is 2.97. The molecule has 20 heavy (non-hydrogen) atoms. The van der Waals surface area contributed by atoms with E-state index < -0.39 is 28.3 Å². The number of aromatic carboxylic acids is 1. The zero-order valence-electron chi connectivity index (χ0n) is 10.8. The molecule has 1 aromatic rings. The van der Waals surface area contributed by atoms with Crippen molar-refractivity contribution < 1.29 is 24.4 Å². The summed E-state index contributed by atoms with van der Waals surface area (Å²) in [6, 6.07) is 2.23. The number of ketones is 1. The Morgan fingerprint density at radius 2 is 1.95 bits per heavy atom. The predicted molar refractivity (Wildman–Crippen MR) is 68.7 cm³/mol. The van der Waals surface area contributed by atoms with E-state index in [1.54, 1.807) is 0 Å². The number of Topliss-reactive ketones (excluding diaryl/α,β-unsaturated/α-hetero) is 1. The Kier molecular flexibility index (Phi) is 4.52. The summed E-state index contributed by atoms with van der Waals surface area (Å²) in [5, 5.41) is 22.0. The number of nitro groups is 1. The monoisotopic (exact) mass is 280 g/mol. The second-order valence-corrected chi connectivity index (χ2v) is 3.93. The topological polar surface area (TPSA) is 127 Å². The van der Waals surface area contributed by atoms with Crippen LogP contribution in [0, 0.1) is 17.0 Å². The van der Waals surface area contributed by atoms with E-state index in [0.29, 0.717) is 0 Å². The van der Waals surface area contributed by atoms with Crippen LogP contribution in [-0.2, 0) is 9.59 Å². The SMILES string of the molecule is CCC(=O)C(=O)Nc1ccc(C(=O)O)c(C)c1[N+](=O)[O-]. The molecule has 8 nitrogen and oxygen atoms in total. The highest BCUT2D eigenvalue weighted by molar-refractivity contribution is 6.40. The zero-order chi connectivity index (χ0) is 15.4. The van der Waals surface area contributed by atoms with E-state index >= 15 is 0 Å². The molecule has 0 fully saturated rings. The summed E-state index contributed by atoms with van der Waals surface area (Å²) < 4.78 is 0. The van der Waals surface area contributed by atoms with Crippen LogP contribution < -0.4 is 5.32 Å². The van der Waals surface area contributed by atoms with Gasteiger partial charge in [0, 0.05) is 12.0 Å². The third-order valence-electron chi connectivity index (χ3n) is 2.67. The van der Waals surface area contributed by atoms with Gasteiger partial charge < -0.3 is 10.4 Å². The van der Waals surface area contributed by atoms with Crippen molar-refractivity contribution in [2.24, 2.45) is 0 Å². The molecule has 0 aromatic heterocycles. The van der Waals surface area contributed by atoms with Crippen molar-refractivity contribution in [3.8, 4) is 0 Å². The predicted octanol–water partition coefficient (Wildman–Crippen LogP) is 1.52. The molecule has 0 unspecified atom stereocenters. The second-order valence-electron chi connectivity index (χ2n) is 3.93. The number of nitro benzene ring substituents is 1. The van der Waals surface area contributed by atoms with E-state index in [0.717, 1.165) is 12.1 Å². The van der Waals surface area contributed by atoms with Gasteiger partial charge in [-0.1, -0.05) is 6.92 Å². The van der Waals surface area contributed by atoms with E-state index in [1.807, 2.05) is 0 Å². The maximum atomic E-state index is 11.4. The molecule has 8 heteroatoms. The van der Waals surface area contributed by atoms with Crippen LogP contribution in [0.4, 0.5) is 11.4 Å². The van der Waals surface area contributed by atoms with Gasteiger partial charge in [0.25, 0.3) is 11.6 Å². The first-order chi connectivity index (χ1) is 9.29. The minimum Gasteiger partial charge on any atom is -0.478 e. The molecule has 0 aliphatic carbocycles. The largest absolute Gasteiger partial charge is 0.478 e. The molecule has 0 saturated heterocycles. The van der Waals surface area contributed by atoms with Crippen LogP contribution >= 0.6 is 0 Å². The Bertz CT molecular complexity index is 608. The van der Waals surface area contributed by atoms with E-state index in [-0.39, 0.29) is 23.2 Å². The molecular weight excluding hydrogens is 268 g/mol. The lowest BCUT2D eigenvalue weighted by Gasteiger charge is -2.08. The van der Waals surface area contributed by atoms with Crippen LogP contribution in [0.15, 0.2) is 12.1 Å². The third-order valence-corrected chi connectivity index (χ3v) is 2.67. The van der Waals surface area contributed by atoms with Crippen LogP contribution in [-0.4, -0.2) is 27.7 Å². The first-order valence-electron chi connectivity index (χ1n) is 5.65. The molecule has 0 aliphatic rings. The number of nitrogens with zero attached hydrogens (tertiary/aromatic N) is 1. The fourth-order valence-electron chi connectivity index (χ4n) is 1.62. The van der Waals surface area contributed by atoms with E-state index in [9.17, 15) is 24.5 Å². The quantitative estimate of drug-likeness (QED) is 0.478. The van der Waals surface area contributed by atoms with Crippen molar-refractivity contribution in [3.63, 3.8) is 0 Å². The van der Waals surface area contributed by atoms with E-state index in [1.165, 1.54) is 13.8 Å². The standard InChI is InChI=1S/C12H12N2O6/c1-3-9(15)11(16)13-8-5-4-7(12(17)18)6(2)10(8)14(19)20/h4-5H,3H2,1-2H3,(H,13,16)(H,17,18). The highest BCUT2D eigenvalue weighted by Gasteiger charge is 2.25. The van der Waals surface area contributed by atoms with Crippen molar-refractivity contribution in [1.29, 1.82) is 0 Å². The summed E-state index contributed by atoms with van der Waals surface area (Å²) in [5.74, 6) is -3.01. The summed E-state index contributed by atoms with van der Waals surface area (Å²) in [5.41, 5.74) is -1.08. The fourth-order valence-corrected chi connectivity index (χ4v) is 1.62. The van der Waals surface area contributed by atoms with Crippen molar-refractivity contribution >= 4 is 29.0 Å². The average Bonchev–Trinajstić information content (AvgIpc) is 2.36. The lowest BCUT2D eigenvalue weighted by Crippen LogP contribution is -2.22. The van der Waals surface area contributed by atoms with Crippen LogP contribution in [0.5, 0.6) is 0 Å². The fraction of sp³-hybridized carbons (Fsp3) is 0.250. The summed E-state index contributed by atoms with van der Waals surface area (Å²) in [4.78, 5) is 43.8. The van der Waals surface area contributed by atoms with Crippen LogP contribution in [0.3, 0.4) is 0 Å². The van der Waals surface area contributed by atoms with Crippen LogP contribution in [0.25, 0.3) is 0 Å². The molecule has 1 amide bonds. The number of carbonyl (C=O) groups is 3. The van der Waals surface area contributed by atoms with Gasteiger partial charge in [-0.15, -0.1) is 0 Å². The molecule has 1 rings (SSSR count). The molecule has 0 spiro atoms. The maximum Gasteiger partial charge on any atom is 0.336 e. The number of hydrogen-bond acceptors (Lipinski definition) is 5. The lowest BCUT2D eigenvalue weighted by atomic mass is 10.1. The molecule has 2 N–H and O–H groups in total.